The Bertz CT molecular complexity index is 351. The van der Waals surface area contributed by atoms with Gasteiger partial charge in [-0.2, -0.15) is 0 Å². The fraction of sp³-hybridized carbons (Fsp3) is 0.625. The maximum absolute atomic E-state index is 5.74. The fourth-order valence-corrected chi connectivity index (χ4v) is 2.36. The second-order valence-electron chi connectivity index (χ2n) is 5.76. The van der Waals surface area contributed by atoms with Crippen molar-refractivity contribution in [2.24, 2.45) is 5.73 Å². The second kappa shape index (κ2) is 7.63. The van der Waals surface area contributed by atoms with Crippen molar-refractivity contribution in [1.29, 1.82) is 0 Å². The van der Waals surface area contributed by atoms with Gasteiger partial charge in [0.15, 0.2) is 0 Å². The number of hydrogen-bond donors (Lipinski definition) is 1. The highest BCUT2D eigenvalue weighted by molar-refractivity contribution is 5.14. The average molecular weight is 264 g/mol. The summed E-state index contributed by atoms with van der Waals surface area (Å²) in [5, 5.41) is 0. The number of hydrogen-bond acceptors (Lipinski definition) is 3. The van der Waals surface area contributed by atoms with Gasteiger partial charge in [0, 0.05) is 32.8 Å². The molecule has 1 aromatic rings. The normalized spacial score (nSPS) is 13.8. The molecule has 1 rings (SSSR count). The van der Waals surface area contributed by atoms with Gasteiger partial charge in [0.05, 0.1) is 5.60 Å². The lowest BCUT2D eigenvalue weighted by molar-refractivity contribution is -0.00692. The van der Waals surface area contributed by atoms with Crippen LogP contribution in [0.1, 0.15) is 32.8 Å². The van der Waals surface area contributed by atoms with Crippen LogP contribution in [0.2, 0.25) is 0 Å². The molecule has 0 saturated heterocycles. The van der Waals surface area contributed by atoms with E-state index in [9.17, 15) is 0 Å². The molecule has 0 amide bonds. The zero-order chi connectivity index (χ0) is 14.3. The van der Waals surface area contributed by atoms with Crippen LogP contribution in [0.25, 0.3) is 0 Å². The molecule has 0 spiro atoms. The average Bonchev–Trinajstić information content (AvgIpc) is 2.39. The Morgan fingerprint density at radius 1 is 1.26 bits per heavy atom. The molecule has 3 heteroatoms. The van der Waals surface area contributed by atoms with E-state index < -0.39 is 0 Å². The fourth-order valence-electron chi connectivity index (χ4n) is 2.36. The molecule has 2 N–H and O–H groups in total. The molecule has 0 heterocycles. The lowest BCUT2D eigenvalue weighted by atomic mass is 9.98. The predicted molar refractivity (Wildman–Crippen MR) is 81.1 cm³/mol. The van der Waals surface area contributed by atoms with Gasteiger partial charge < -0.3 is 10.5 Å². The molecule has 1 aromatic carbocycles. The summed E-state index contributed by atoms with van der Waals surface area (Å²) in [7, 11) is 1.77. The number of ether oxygens (including phenoxy) is 1. The summed E-state index contributed by atoms with van der Waals surface area (Å²) in [6.07, 6.45) is 0.996. The first-order valence-electron chi connectivity index (χ1n) is 7.01. The molecule has 3 nitrogen and oxygen atoms in total. The van der Waals surface area contributed by atoms with E-state index in [-0.39, 0.29) is 5.60 Å². The van der Waals surface area contributed by atoms with Crippen molar-refractivity contribution in [3.05, 3.63) is 35.9 Å². The maximum atomic E-state index is 5.74. The monoisotopic (exact) mass is 264 g/mol. The van der Waals surface area contributed by atoms with Crippen LogP contribution in [0.3, 0.4) is 0 Å². The van der Waals surface area contributed by atoms with Crippen molar-refractivity contribution in [3.8, 4) is 0 Å². The summed E-state index contributed by atoms with van der Waals surface area (Å²) in [5.41, 5.74) is 6.98. The molecule has 0 saturated carbocycles. The second-order valence-corrected chi connectivity index (χ2v) is 5.76. The van der Waals surface area contributed by atoms with E-state index in [0.717, 1.165) is 19.5 Å². The third kappa shape index (κ3) is 5.72. The highest BCUT2D eigenvalue weighted by atomic mass is 16.5. The first-order chi connectivity index (χ1) is 8.98. The van der Waals surface area contributed by atoms with Gasteiger partial charge >= 0.3 is 0 Å². The first kappa shape index (κ1) is 16.2. The zero-order valence-electron chi connectivity index (χ0n) is 12.7. The van der Waals surface area contributed by atoms with Crippen molar-refractivity contribution >= 4 is 0 Å². The van der Waals surface area contributed by atoms with Crippen LogP contribution in [0.15, 0.2) is 30.3 Å². The van der Waals surface area contributed by atoms with E-state index in [1.54, 1.807) is 7.11 Å². The number of nitrogens with two attached hydrogens (primary N) is 1. The van der Waals surface area contributed by atoms with Crippen molar-refractivity contribution in [1.82, 2.24) is 4.90 Å². The topological polar surface area (TPSA) is 38.5 Å². The van der Waals surface area contributed by atoms with Crippen LogP contribution in [0.5, 0.6) is 0 Å². The summed E-state index contributed by atoms with van der Waals surface area (Å²) in [6, 6.07) is 11.0. The molecule has 0 fully saturated rings. The van der Waals surface area contributed by atoms with Gasteiger partial charge in [0.2, 0.25) is 0 Å². The van der Waals surface area contributed by atoms with Crippen molar-refractivity contribution in [2.45, 2.75) is 45.4 Å². The van der Waals surface area contributed by atoms with E-state index in [1.807, 2.05) is 6.07 Å². The minimum atomic E-state index is -0.0943. The number of rotatable bonds is 8. The lowest BCUT2D eigenvalue weighted by Gasteiger charge is -2.34. The summed E-state index contributed by atoms with van der Waals surface area (Å²) in [5.74, 6) is 0. The summed E-state index contributed by atoms with van der Waals surface area (Å²) < 4.78 is 5.53. The molecule has 19 heavy (non-hydrogen) atoms. The molecule has 0 radical (unpaired) electrons. The molecule has 0 aliphatic rings. The Morgan fingerprint density at radius 2 is 1.89 bits per heavy atom. The van der Waals surface area contributed by atoms with Gasteiger partial charge in [-0.15, -0.1) is 0 Å². The van der Waals surface area contributed by atoms with Crippen LogP contribution in [0.4, 0.5) is 0 Å². The van der Waals surface area contributed by atoms with Gasteiger partial charge in [-0.1, -0.05) is 30.3 Å². The van der Waals surface area contributed by atoms with Crippen LogP contribution in [0, 0.1) is 0 Å². The third-order valence-corrected chi connectivity index (χ3v) is 3.61. The maximum Gasteiger partial charge on any atom is 0.0637 e. The lowest BCUT2D eigenvalue weighted by Crippen LogP contribution is -2.41. The molecule has 0 bridgehead atoms. The van der Waals surface area contributed by atoms with Gasteiger partial charge in [-0.05, 0) is 32.8 Å². The molecular formula is C16H28N2O. The summed E-state index contributed by atoms with van der Waals surface area (Å²) >= 11 is 0. The molecular weight excluding hydrogens is 236 g/mol. The van der Waals surface area contributed by atoms with E-state index in [4.69, 9.17) is 10.5 Å². The van der Waals surface area contributed by atoms with Crippen LogP contribution in [-0.4, -0.2) is 36.7 Å². The van der Waals surface area contributed by atoms with E-state index in [1.165, 1.54) is 5.56 Å². The highest BCUT2D eigenvalue weighted by Crippen LogP contribution is 2.20. The zero-order valence-corrected chi connectivity index (χ0v) is 12.7. The number of benzene rings is 1. The predicted octanol–water partition coefficient (Wildman–Crippen LogP) is 2.65. The van der Waals surface area contributed by atoms with Crippen molar-refractivity contribution < 1.29 is 4.74 Å². The van der Waals surface area contributed by atoms with E-state index in [2.05, 4.69) is 49.9 Å². The van der Waals surface area contributed by atoms with Crippen LogP contribution in [-0.2, 0) is 11.3 Å². The Kier molecular flexibility index (Phi) is 6.49. The Balaban J connectivity index is 2.66. The first-order valence-corrected chi connectivity index (χ1v) is 7.01. The summed E-state index contributed by atoms with van der Waals surface area (Å²) in [6.45, 7) is 9.05. The van der Waals surface area contributed by atoms with Gasteiger partial charge in [0.1, 0.15) is 0 Å². The van der Waals surface area contributed by atoms with Gasteiger partial charge in [-0.25, -0.2) is 0 Å². The molecule has 1 atom stereocenters. The van der Waals surface area contributed by atoms with Crippen LogP contribution >= 0.6 is 0 Å². The Hall–Kier alpha value is -0.900. The standard InChI is InChI=1S/C16H28N2O/c1-14(12-16(2,3)19-4)18(11-10-17)13-15-8-6-5-7-9-15/h5-9,14H,10-13,17H2,1-4H3. The SMILES string of the molecule is COC(C)(C)CC(C)N(CCN)Cc1ccccc1. The molecule has 108 valence electrons. The smallest absolute Gasteiger partial charge is 0.0637 e. The Labute approximate surface area is 117 Å². The van der Waals surface area contributed by atoms with Crippen molar-refractivity contribution in [3.63, 3.8) is 0 Å². The largest absolute Gasteiger partial charge is 0.379 e. The third-order valence-electron chi connectivity index (χ3n) is 3.61. The van der Waals surface area contributed by atoms with Crippen LogP contribution < -0.4 is 5.73 Å². The minimum absolute atomic E-state index is 0.0943. The summed E-state index contributed by atoms with van der Waals surface area (Å²) in [4.78, 5) is 2.43. The quantitative estimate of drug-likeness (QED) is 0.784. The minimum Gasteiger partial charge on any atom is -0.379 e. The number of methoxy groups -OCH3 is 1. The van der Waals surface area contributed by atoms with Gasteiger partial charge in [0.25, 0.3) is 0 Å². The molecule has 1 unspecified atom stereocenters. The highest BCUT2D eigenvalue weighted by Gasteiger charge is 2.23. The Morgan fingerprint density at radius 3 is 2.42 bits per heavy atom. The van der Waals surface area contributed by atoms with E-state index in [0.29, 0.717) is 12.6 Å². The van der Waals surface area contributed by atoms with Gasteiger partial charge in [-0.3, -0.25) is 4.90 Å². The molecule has 0 aromatic heterocycles. The van der Waals surface area contributed by atoms with E-state index >= 15 is 0 Å². The van der Waals surface area contributed by atoms with Crippen molar-refractivity contribution in [2.75, 3.05) is 20.2 Å². The number of nitrogens with zero attached hydrogens (tertiary/aromatic N) is 1. The molecule has 0 aliphatic carbocycles. The molecule has 0 aliphatic heterocycles.